The highest BCUT2D eigenvalue weighted by Gasteiger charge is 2.25. The molecule has 1 atom stereocenters. The van der Waals surface area contributed by atoms with Crippen LogP contribution >= 0.6 is 0 Å². The zero-order valence-corrected chi connectivity index (χ0v) is 11.6. The number of carbonyl (C=O) groups excluding carboxylic acids is 1. The number of pyridine rings is 1. The number of nitrogens with zero attached hydrogens (tertiary/aromatic N) is 2. The van der Waals surface area contributed by atoms with Crippen molar-refractivity contribution in [2.75, 3.05) is 32.0 Å². The minimum Gasteiger partial charge on any atom is -0.397 e. The number of morpholine rings is 1. The van der Waals surface area contributed by atoms with E-state index < -0.39 is 5.91 Å². The molecule has 5 N–H and O–H groups in total. The molecule has 1 aliphatic heterocycles. The lowest BCUT2D eigenvalue weighted by molar-refractivity contribution is 0.0145. The predicted molar refractivity (Wildman–Crippen MR) is 75.7 cm³/mol. The molecule has 0 aliphatic carbocycles. The number of anilines is 1. The van der Waals surface area contributed by atoms with E-state index in [1.54, 1.807) is 12.3 Å². The molecule has 2 heterocycles. The van der Waals surface area contributed by atoms with Crippen LogP contribution in [-0.2, 0) is 4.74 Å². The maximum atomic E-state index is 11.7. The van der Waals surface area contributed by atoms with Crippen LogP contribution in [0.5, 0.6) is 0 Å². The first-order valence-electron chi connectivity index (χ1n) is 6.76. The van der Waals surface area contributed by atoms with Crippen molar-refractivity contribution in [1.29, 1.82) is 0 Å². The Labute approximate surface area is 118 Å². The number of carbonyl (C=O) groups is 1. The Morgan fingerprint density at radius 2 is 2.25 bits per heavy atom. The molecule has 7 nitrogen and oxygen atoms in total. The average molecular weight is 279 g/mol. The molecule has 0 saturated carbocycles. The maximum Gasteiger partial charge on any atom is 0.267 e. The lowest BCUT2D eigenvalue weighted by Gasteiger charge is -2.34. The third kappa shape index (κ3) is 2.90. The van der Waals surface area contributed by atoms with Gasteiger partial charge in [-0.1, -0.05) is 6.92 Å². The summed E-state index contributed by atoms with van der Waals surface area (Å²) in [5.74, 6) is 4.77. The SMILES string of the molecule is CCC(c1nccc(C(=O)NN)c1N)N1CCOCC1. The Morgan fingerprint density at radius 3 is 2.85 bits per heavy atom. The number of hydrazine groups is 1. The number of hydrogen-bond donors (Lipinski definition) is 3. The monoisotopic (exact) mass is 279 g/mol. The van der Waals surface area contributed by atoms with Crippen LogP contribution in [0, 0.1) is 0 Å². The normalized spacial score (nSPS) is 17.7. The summed E-state index contributed by atoms with van der Waals surface area (Å²) in [6.45, 7) is 5.18. The third-order valence-electron chi connectivity index (χ3n) is 3.59. The zero-order chi connectivity index (χ0) is 14.5. The van der Waals surface area contributed by atoms with Crippen molar-refractivity contribution in [3.8, 4) is 0 Å². The van der Waals surface area contributed by atoms with Gasteiger partial charge in [0, 0.05) is 19.3 Å². The molecule has 0 radical (unpaired) electrons. The molecule has 1 aromatic heterocycles. The molecule has 0 spiro atoms. The molecule has 1 amide bonds. The number of aromatic nitrogens is 1. The molecule has 1 unspecified atom stereocenters. The predicted octanol–water partition coefficient (Wildman–Crippen LogP) is 0.0506. The van der Waals surface area contributed by atoms with E-state index in [1.165, 1.54) is 0 Å². The number of nitrogen functional groups attached to an aromatic ring is 2. The molecule has 110 valence electrons. The molecular weight excluding hydrogens is 258 g/mol. The van der Waals surface area contributed by atoms with E-state index >= 15 is 0 Å². The van der Waals surface area contributed by atoms with Gasteiger partial charge in [0.2, 0.25) is 0 Å². The first-order valence-corrected chi connectivity index (χ1v) is 6.76. The molecule has 20 heavy (non-hydrogen) atoms. The van der Waals surface area contributed by atoms with Crippen LogP contribution in [0.4, 0.5) is 5.69 Å². The highest BCUT2D eigenvalue weighted by molar-refractivity contribution is 5.99. The van der Waals surface area contributed by atoms with Crippen molar-refractivity contribution in [3.63, 3.8) is 0 Å². The Hall–Kier alpha value is -1.70. The van der Waals surface area contributed by atoms with E-state index in [9.17, 15) is 4.79 Å². The molecular formula is C13H21N5O2. The fourth-order valence-corrected chi connectivity index (χ4v) is 2.54. The number of nitrogens with one attached hydrogen (secondary N) is 1. The third-order valence-corrected chi connectivity index (χ3v) is 3.59. The number of ether oxygens (including phenoxy) is 1. The summed E-state index contributed by atoms with van der Waals surface area (Å²) in [5.41, 5.74) is 9.71. The fraction of sp³-hybridized carbons (Fsp3) is 0.538. The Balaban J connectivity index is 2.31. The second-order valence-electron chi connectivity index (χ2n) is 4.70. The summed E-state index contributed by atoms with van der Waals surface area (Å²) < 4.78 is 5.37. The summed E-state index contributed by atoms with van der Waals surface area (Å²) in [5, 5.41) is 0. The van der Waals surface area contributed by atoms with Gasteiger partial charge in [-0.05, 0) is 12.5 Å². The first-order chi connectivity index (χ1) is 9.69. The van der Waals surface area contributed by atoms with Crippen LogP contribution in [0.3, 0.4) is 0 Å². The number of rotatable bonds is 4. The number of amides is 1. The van der Waals surface area contributed by atoms with Crippen molar-refractivity contribution in [1.82, 2.24) is 15.3 Å². The largest absolute Gasteiger partial charge is 0.397 e. The van der Waals surface area contributed by atoms with Gasteiger partial charge in [0.25, 0.3) is 5.91 Å². The summed E-state index contributed by atoms with van der Waals surface area (Å²) in [6.07, 6.45) is 2.46. The van der Waals surface area contributed by atoms with E-state index in [0.717, 1.165) is 25.2 Å². The quantitative estimate of drug-likeness (QED) is 0.408. The smallest absolute Gasteiger partial charge is 0.267 e. The molecule has 1 aliphatic rings. The molecule has 0 aromatic carbocycles. The summed E-state index contributed by atoms with van der Waals surface area (Å²) in [4.78, 5) is 18.4. The highest BCUT2D eigenvalue weighted by atomic mass is 16.5. The van der Waals surface area contributed by atoms with Gasteiger partial charge in [-0.25, -0.2) is 5.84 Å². The van der Waals surface area contributed by atoms with Gasteiger partial charge < -0.3 is 10.5 Å². The Morgan fingerprint density at radius 1 is 1.55 bits per heavy atom. The van der Waals surface area contributed by atoms with Gasteiger partial charge in [0.05, 0.1) is 36.2 Å². The number of hydrogen-bond acceptors (Lipinski definition) is 6. The van der Waals surface area contributed by atoms with Crippen molar-refractivity contribution in [2.24, 2.45) is 5.84 Å². The summed E-state index contributed by atoms with van der Waals surface area (Å²) >= 11 is 0. The van der Waals surface area contributed by atoms with Crippen molar-refractivity contribution < 1.29 is 9.53 Å². The average Bonchev–Trinajstić information content (AvgIpc) is 2.50. The van der Waals surface area contributed by atoms with Crippen LogP contribution in [0.2, 0.25) is 0 Å². The second-order valence-corrected chi connectivity index (χ2v) is 4.70. The van der Waals surface area contributed by atoms with Gasteiger partial charge in [-0.2, -0.15) is 0 Å². The molecule has 1 aromatic rings. The maximum absolute atomic E-state index is 11.7. The molecule has 1 fully saturated rings. The number of nitrogens with two attached hydrogens (primary N) is 2. The van der Waals surface area contributed by atoms with E-state index in [0.29, 0.717) is 24.5 Å². The standard InChI is InChI=1S/C13H21N5O2/c1-2-10(18-5-7-20-8-6-18)12-11(14)9(3-4-16-12)13(19)17-15/h3-4,10H,2,5-8,14-15H2,1H3,(H,17,19). The van der Waals surface area contributed by atoms with Crippen LogP contribution in [-0.4, -0.2) is 42.1 Å². The van der Waals surface area contributed by atoms with Gasteiger partial charge in [0.15, 0.2) is 0 Å². The lowest BCUT2D eigenvalue weighted by Crippen LogP contribution is -2.39. The molecule has 1 saturated heterocycles. The van der Waals surface area contributed by atoms with Crippen molar-refractivity contribution in [3.05, 3.63) is 23.5 Å². The van der Waals surface area contributed by atoms with Crippen molar-refractivity contribution in [2.45, 2.75) is 19.4 Å². The van der Waals surface area contributed by atoms with Crippen LogP contribution < -0.4 is 17.0 Å². The highest BCUT2D eigenvalue weighted by Crippen LogP contribution is 2.29. The Bertz CT molecular complexity index is 474. The Kier molecular flexibility index (Phi) is 4.89. The molecule has 2 rings (SSSR count). The van der Waals surface area contributed by atoms with Gasteiger partial charge in [-0.3, -0.25) is 20.1 Å². The topological polar surface area (TPSA) is 106 Å². The van der Waals surface area contributed by atoms with Crippen molar-refractivity contribution >= 4 is 11.6 Å². The van der Waals surface area contributed by atoms with Crippen LogP contribution in [0.1, 0.15) is 35.4 Å². The minimum absolute atomic E-state index is 0.0874. The fourth-order valence-electron chi connectivity index (χ4n) is 2.54. The van der Waals surface area contributed by atoms with Gasteiger partial charge >= 0.3 is 0 Å². The molecule has 7 heteroatoms. The van der Waals surface area contributed by atoms with E-state index in [4.69, 9.17) is 16.3 Å². The first kappa shape index (κ1) is 14.7. The van der Waals surface area contributed by atoms with E-state index in [-0.39, 0.29) is 6.04 Å². The van der Waals surface area contributed by atoms with Crippen LogP contribution in [0.15, 0.2) is 12.3 Å². The lowest BCUT2D eigenvalue weighted by atomic mass is 10.0. The van der Waals surface area contributed by atoms with Crippen LogP contribution in [0.25, 0.3) is 0 Å². The van der Waals surface area contributed by atoms with E-state index in [2.05, 4.69) is 22.2 Å². The van der Waals surface area contributed by atoms with E-state index in [1.807, 2.05) is 0 Å². The minimum atomic E-state index is -0.400. The molecule has 0 bridgehead atoms. The van der Waals surface area contributed by atoms with Gasteiger partial charge in [-0.15, -0.1) is 0 Å². The zero-order valence-electron chi connectivity index (χ0n) is 11.6. The summed E-state index contributed by atoms with van der Waals surface area (Å²) in [6, 6.07) is 1.66. The summed E-state index contributed by atoms with van der Waals surface area (Å²) in [7, 11) is 0. The van der Waals surface area contributed by atoms with Gasteiger partial charge in [0.1, 0.15) is 0 Å². The second kappa shape index (κ2) is 6.65.